The van der Waals surface area contributed by atoms with Gasteiger partial charge in [-0.25, -0.2) is 4.98 Å². The second-order valence-corrected chi connectivity index (χ2v) is 6.50. The number of hydrogen-bond donors (Lipinski definition) is 2. The largest absolute Gasteiger partial charge is 0.366 e. The van der Waals surface area contributed by atoms with Crippen molar-refractivity contribution in [3.05, 3.63) is 23.5 Å². The van der Waals surface area contributed by atoms with Crippen LogP contribution in [-0.2, 0) is 11.8 Å². The summed E-state index contributed by atoms with van der Waals surface area (Å²) in [5.41, 5.74) is 4.20. The van der Waals surface area contributed by atoms with E-state index >= 15 is 0 Å². The number of nitrogens with one attached hydrogen (secondary N) is 2. The van der Waals surface area contributed by atoms with Crippen molar-refractivity contribution < 1.29 is 0 Å². The molecule has 0 unspecified atom stereocenters. The Labute approximate surface area is 117 Å². The van der Waals surface area contributed by atoms with E-state index in [1.54, 1.807) is 0 Å². The van der Waals surface area contributed by atoms with Gasteiger partial charge in [0.2, 0.25) is 0 Å². The molecular formula is C15H19N5. The maximum absolute atomic E-state index is 4.91. The van der Waals surface area contributed by atoms with Crippen LogP contribution >= 0.6 is 0 Å². The van der Waals surface area contributed by atoms with Crippen LogP contribution in [0, 0.1) is 0 Å². The Morgan fingerprint density at radius 2 is 2.30 bits per heavy atom. The molecule has 0 bridgehead atoms. The van der Waals surface area contributed by atoms with Crippen LogP contribution in [0.4, 0.5) is 5.82 Å². The fourth-order valence-electron chi connectivity index (χ4n) is 3.89. The van der Waals surface area contributed by atoms with Crippen LogP contribution in [0.25, 0.3) is 5.65 Å². The van der Waals surface area contributed by atoms with Crippen molar-refractivity contribution in [3.8, 4) is 0 Å². The third kappa shape index (κ3) is 1.41. The lowest BCUT2D eigenvalue weighted by Crippen LogP contribution is -2.25. The molecule has 1 saturated carbocycles. The van der Waals surface area contributed by atoms with Gasteiger partial charge >= 0.3 is 0 Å². The lowest BCUT2D eigenvalue weighted by Gasteiger charge is -2.18. The quantitative estimate of drug-likeness (QED) is 0.867. The number of aromatic nitrogens is 3. The molecule has 20 heavy (non-hydrogen) atoms. The Balaban J connectivity index is 1.67. The molecule has 1 saturated heterocycles. The summed E-state index contributed by atoms with van der Waals surface area (Å²) in [7, 11) is 0. The summed E-state index contributed by atoms with van der Waals surface area (Å²) in [6.07, 6.45) is 8.12. The average Bonchev–Trinajstić information content (AvgIpc) is 2.87. The van der Waals surface area contributed by atoms with Crippen LogP contribution in [0.1, 0.15) is 36.9 Å². The molecule has 1 aliphatic heterocycles. The summed E-state index contributed by atoms with van der Waals surface area (Å²) in [6.45, 7) is 2.15. The van der Waals surface area contributed by atoms with Crippen LogP contribution in [0.3, 0.4) is 0 Å². The molecule has 2 aromatic rings. The van der Waals surface area contributed by atoms with Gasteiger partial charge < -0.3 is 10.6 Å². The van der Waals surface area contributed by atoms with Gasteiger partial charge in [-0.2, -0.15) is 9.61 Å². The van der Waals surface area contributed by atoms with Gasteiger partial charge in [-0.1, -0.05) is 0 Å². The van der Waals surface area contributed by atoms with Crippen LogP contribution < -0.4 is 10.6 Å². The van der Waals surface area contributed by atoms with Crippen molar-refractivity contribution in [1.82, 2.24) is 19.9 Å². The normalized spacial score (nSPS) is 26.3. The fraction of sp³-hybridized carbons (Fsp3) is 0.600. The second-order valence-electron chi connectivity index (χ2n) is 6.50. The molecule has 3 aliphatic rings. The van der Waals surface area contributed by atoms with E-state index in [1.807, 2.05) is 16.8 Å². The highest BCUT2D eigenvalue weighted by molar-refractivity contribution is 5.60. The molecule has 104 valence electrons. The van der Waals surface area contributed by atoms with E-state index in [2.05, 4.69) is 15.7 Å². The van der Waals surface area contributed by atoms with E-state index in [-0.39, 0.29) is 0 Å². The smallest absolute Gasteiger partial charge is 0.157 e. The third-order valence-electron chi connectivity index (χ3n) is 5.24. The Kier molecular flexibility index (Phi) is 2.06. The topological polar surface area (TPSA) is 54.2 Å². The summed E-state index contributed by atoms with van der Waals surface area (Å²) < 4.78 is 2.00. The highest BCUT2D eigenvalue weighted by atomic mass is 15.3. The molecule has 5 heteroatoms. The second kappa shape index (κ2) is 3.73. The van der Waals surface area contributed by atoms with E-state index in [0.717, 1.165) is 25.2 Å². The molecule has 5 rings (SSSR count). The molecule has 2 fully saturated rings. The van der Waals surface area contributed by atoms with Crippen LogP contribution in [-0.4, -0.2) is 33.7 Å². The summed E-state index contributed by atoms with van der Waals surface area (Å²) in [4.78, 5) is 4.91. The zero-order valence-electron chi connectivity index (χ0n) is 11.5. The summed E-state index contributed by atoms with van der Waals surface area (Å²) in [6, 6.07) is 2.54. The standard InChI is InChI=1S/C15H19N5/c1-4-15(5-6-15)13-11(1)14(18-10-2-7-16-9-10)20-12(19-13)3-8-17-20/h3,8,10,16,18H,1-2,4-7,9H2/t10-/m0/s1. The van der Waals surface area contributed by atoms with Crippen molar-refractivity contribution >= 4 is 11.5 Å². The maximum Gasteiger partial charge on any atom is 0.157 e. The average molecular weight is 269 g/mol. The van der Waals surface area contributed by atoms with E-state index < -0.39 is 0 Å². The minimum atomic E-state index is 0.422. The summed E-state index contributed by atoms with van der Waals surface area (Å²) in [5.74, 6) is 1.20. The van der Waals surface area contributed by atoms with Crippen molar-refractivity contribution in [2.24, 2.45) is 0 Å². The number of fused-ring (bicyclic) bond motifs is 3. The van der Waals surface area contributed by atoms with Gasteiger partial charge in [0.1, 0.15) is 5.82 Å². The van der Waals surface area contributed by atoms with Crippen molar-refractivity contribution in [3.63, 3.8) is 0 Å². The molecule has 0 aromatic carbocycles. The van der Waals surface area contributed by atoms with E-state index in [1.165, 1.54) is 42.8 Å². The zero-order chi connectivity index (χ0) is 13.2. The third-order valence-corrected chi connectivity index (χ3v) is 5.24. The van der Waals surface area contributed by atoms with Gasteiger partial charge in [0.15, 0.2) is 5.65 Å². The Bertz CT molecular complexity index is 679. The Morgan fingerprint density at radius 3 is 3.10 bits per heavy atom. The van der Waals surface area contributed by atoms with Gasteiger partial charge in [0, 0.05) is 29.6 Å². The van der Waals surface area contributed by atoms with Crippen molar-refractivity contribution in [2.45, 2.75) is 43.6 Å². The Hall–Kier alpha value is -1.62. The molecule has 0 radical (unpaired) electrons. The minimum Gasteiger partial charge on any atom is -0.366 e. The molecule has 0 amide bonds. The predicted molar refractivity (Wildman–Crippen MR) is 77.1 cm³/mol. The highest BCUT2D eigenvalue weighted by Gasteiger charge is 2.51. The molecular weight excluding hydrogens is 250 g/mol. The lowest BCUT2D eigenvalue weighted by molar-refractivity contribution is 0.665. The van der Waals surface area contributed by atoms with E-state index in [0.29, 0.717) is 11.5 Å². The van der Waals surface area contributed by atoms with Crippen molar-refractivity contribution in [2.75, 3.05) is 18.4 Å². The van der Waals surface area contributed by atoms with E-state index in [9.17, 15) is 0 Å². The molecule has 2 aromatic heterocycles. The van der Waals surface area contributed by atoms with Gasteiger partial charge in [-0.15, -0.1) is 0 Å². The predicted octanol–water partition coefficient (Wildman–Crippen LogP) is 1.48. The van der Waals surface area contributed by atoms with Gasteiger partial charge in [0.05, 0.1) is 11.9 Å². The first-order valence-corrected chi connectivity index (χ1v) is 7.70. The molecule has 5 nitrogen and oxygen atoms in total. The molecule has 2 N–H and O–H groups in total. The number of hydrogen-bond acceptors (Lipinski definition) is 4. The van der Waals surface area contributed by atoms with Crippen LogP contribution in [0.2, 0.25) is 0 Å². The SMILES string of the molecule is c1cc2nc3c(c(N[C@H]4CCNC4)n2n1)CCC31CC1. The van der Waals surface area contributed by atoms with Crippen LogP contribution in [0.15, 0.2) is 12.3 Å². The van der Waals surface area contributed by atoms with Gasteiger partial charge in [-0.05, 0) is 38.6 Å². The first-order chi connectivity index (χ1) is 9.86. The summed E-state index contributed by atoms with van der Waals surface area (Å²) in [5, 5.41) is 11.6. The first kappa shape index (κ1) is 11.1. The van der Waals surface area contributed by atoms with Gasteiger partial charge in [0.25, 0.3) is 0 Å². The molecule has 2 aliphatic carbocycles. The first-order valence-electron chi connectivity index (χ1n) is 7.70. The molecule has 1 spiro atoms. The van der Waals surface area contributed by atoms with Crippen LogP contribution in [0.5, 0.6) is 0 Å². The van der Waals surface area contributed by atoms with E-state index in [4.69, 9.17) is 4.98 Å². The zero-order valence-corrected chi connectivity index (χ0v) is 11.5. The number of nitrogens with zero attached hydrogens (tertiary/aromatic N) is 3. The minimum absolute atomic E-state index is 0.422. The lowest BCUT2D eigenvalue weighted by atomic mass is 10.0. The Morgan fingerprint density at radius 1 is 1.35 bits per heavy atom. The molecule has 3 heterocycles. The summed E-state index contributed by atoms with van der Waals surface area (Å²) >= 11 is 0. The monoisotopic (exact) mass is 269 g/mol. The number of rotatable bonds is 2. The van der Waals surface area contributed by atoms with Gasteiger partial charge in [-0.3, -0.25) is 0 Å². The highest BCUT2D eigenvalue weighted by Crippen LogP contribution is 2.57. The number of anilines is 1. The molecule has 1 atom stereocenters. The van der Waals surface area contributed by atoms with Crippen molar-refractivity contribution in [1.29, 1.82) is 0 Å². The fourth-order valence-corrected chi connectivity index (χ4v) is 3.89. The maximum atomic E-state index is 4.91.